The summed E-state index contributed by atoms with van der Waals surface area (Å²) in [5.41, 5.74) is 10.5. The molecule has 0 amide bonds. The van der Waals surface area contributed by atoms with E-state index in [9.17, 15) is 14.6 Å². The molecular weight excluding hydrogens is 359 g/mol. The number of hydrogen-bond donors (Lipinski definition) is 3. The number of hydrogen-bond acceptors (Lipinski definition) is 5. The minimum absolute atomic E-state index is 0.242. The molecule has 1 aliphatic carbocycles. The van der Waals surface area contributed by atoms with Crippen LogP contribution in [0, 0.1) is 5.82 Å². The normalized spacial score (nSPS) is 20.0. The van der Waals surface area contributed by atoms with Crippen LogP contribution in [0.2, 0.25) is 0 Å². The SMILES string of the molecule is CCc1cc(-c2cc([C@H]3CC[C@H](O)CC3)n3ncnc(N)c23)cc(F)c1CO. The number of benzene rings is 1. The molecule has 0 unspecified atom stereocenters. The zero-order valence-corrected chi connectivity index (χ0v) is 15.9. The minimum Gasteiger partial charge on any atom is -0.393 e. The van der Waals surface area contributed by atoms with Crippen LogP contribution < -0.4 is 5.73 Å². The Bertz CT molecular complexity index is 1010. The number of aliphatic hydroxyl groups is 2. The van der Waals surface area contributed by atoms with Crippen molar-refractivity contribution in [3.05, 3.63) is 47.2 Å². The molecule has 0 radical (unpaired) electrons. The van der Waals surface area contributed by atoms with E-state index < -0.39 is 5.82 Å². The smallest absolute Gasteiger partial charge is 0.151 e. The molecule has 0 bridgehead atoms. The fraction of sp³-hybridized carbons (Fsp3) is 0.429. The average molecular weight is 384 g/mol. The molecule has 2 aromatic heterocycles. The van der Waals surface area contributed by atoms with E-state index in [0.717, 1.165) is 42.5 Å². The van der Waals surface area contributed by atoms with Gasteiger partial charge in [0.1, 0.15) is 17.7 Å². The van der Waals surface area contributed by atoms with Crippen LogP contribution in [0.5, 0.6) is 0 Å². The third-order valence-corrected chi connectivity index (χ3v) is 5.86. The summed E-state index contributed by atoms with van der Waals surface area (Å²) in [4.78, 5) is 4.13. The number of nitrogen functional groups attached to an aromatic ring is 1. The van der Waals surface area contributed by atoms with Crippen molar-refractivity contribution < 1.29 is 14.6 Å². The Morgan fingerprint density at radius 3 is 2.64 bits per heavy atom. The van der Waals surface area contributed by atoms with Gasteiger partial charge in [-0.15, -0.1) is 0 Å². The average Bonchev–Trinajstić information content (AvgIpc) is 3.09. The second kappa shape index (κ2) is 7.48. The van der Waals surface area contributed by atoms with Crippen molar-refractivity contribution in [2.24, 2.45) is 0 Å². The maximum atomic E-state index is 14.6. The molecule has 0 spiro atoms. The fourth-order valence-corrected chi connectivity index (χ4v) is 4.32. The molecular formula is C21H25FN4O2. The first-order valence-electron chi connectivity index (χ1n) is 9.76. The summed E-state index contributed by atoms with van der Waals surface area (Å²) in [5.74, 6) is 0.178. The highest BCUT2D eigenvalue weighted by molar-refractivity contribution is 5.88. The molecule has 1 aliphatic rings. The van der Waals surface area contributed by atoms with E-state index in [1.54, 1.807) is 0 Å². The maximum absolute atomic E-state index is 14.6. The standard InChI is InChI=1S/C21H25FN4O2/c1-2-12-7-14(8-18(22)17(12)10-27)16-9-19(13-3-5-15(28)6-4-13)26-20(16)21(23)24-11-25-26/h7-9,11,13,15,27-28H,2-6,10H2,1H3,(H2,23,24,25)/t13-,15-. The topological polar surface area (TPSA) is 96.7 Å². The zero-order chi connectivity index (χ0) is 19.8. The Hall–Kier alpha value is -2.51. The summed E-state index contributed by atoms with van der Waals surface area (Å²) in [6, 6.07) is 5.38. The van der Waals surface area contributed by atoms with E-state index in [1.165, 1.54) is 12.4 Å². The maximum Gasteiger partial charge on any atom is 0.151 e. The van der Waals surface area contributed by atoms with Gasteiger partial charge in [-0.1, -0.05) is 13.0 Å². The van der Waals surface area contributed by atoms with Gasteiger partial charge in [0.15, 0.2) is 5.82 Å². The summed E-state index contributed by atoms with van der Waals surface area (Å²) < 4.78 is 16.4. The third-order valence-electron chi connectivity index (χ3n) is 5.86. The monoisotopic (exact) mass is 384 g/mol. The molecule has 0 atom stereocenters. The highest BCUT2D eigenvalue weighted by Crippen LogP contribution is 2.39. The fourth-order valence-electron chi connectivity index (χ4n) is 4.32. The van der Waals surface area contributed by atoms with Crippen molar-refractivity contribution in [3.8, 4) is 11.1 Å². The van der Waals surface area contributed by atoms with Crippen LogP contribution in [0.15, 0.2) is 24.5 Å². The largest absolute Gasteiger partial charge is 0.393 e. The summed E-state index contributed by atoms with van der Waals surface area (Å²) in [5, 5.41) is 23.7. The lowest BCUT2D eigenvalue weighted by Gasteiger charge is -2.24. The molecule has 6 nitrogen and oxygen atoms in total. The van der Waals surface area contributed by atoms with Crippen molar-refractivity contribution in [2.75, 3.05) is 5.73 Å². The quantitative estimate of drug-likeness (QED) is 0.642. The molecule has 3 aromatic rings. The number of anilines is 1. The first-order valence-corrected chi connectivity index (χ1v) is 9.76. The van der Waals surface area contributed by atoms with Crippen molar-refractivity contribution in [1.82, 2.24) is 14.6 Å². The van der Waals surface area contributed by atoms with Crippen LogP contribution >= 0.6 is 0 Å². The third kappa shape index (κ3) is 3.14. The summed E-state index contributed by atoms with van der Waals surface area (Å²) in [7, 11) is 0. The van der Waals surface area contributed by atoms with E-state index in [4.69, 9.17) is 5.73 Å². The summed E-state index contributed by atoms with van der Waals surface area (Å²) >= 11 is 0. The Kier molecular flexibility index (Phi) is 5.03. The molecule has 4 N–H and O–H groups in total. The number of nitrogens with zero attached hydrogens (tertiary/aromatic N) is 3. The second-order valence-electron chi connectivity index (χ2n) is 7.50. The molecule has 2 heterocycles. The van der Waals surface area contributed by atoms with E-state index in [2.05, 4.69) is 10.1 Å². The van der Waals surface area contributed by atoms with Gasteiger partial charge in [-0.25, -0.2) is 13.9 Å². The van der Waals surface area contributed by atoms with Gasteiger partial charge in [-0.05, 0) is 55.4 Å². The number of rotatable bonds is 4. The Morgan fingerprint density at radius 2 is 1.96 bits per heavy atom. The minimum atomic E-state index is -0.422. The predicted molar refractivity (Wildman–Crippen MR) is 105 cm³/mol. The zero-order valence-electron chi connectivity index (χ0n) is 15.9. The number of aromatic nitrogens is 3. The van der Waals surface area contributed by atoms with Crippen LogP contribution in [-0.2, 0) is 13.0 Å². The lowest BCUT2D eigenvalue weighted by atomic mass is 9.85. The second-order valence-corrected chi connectivity index (χ2v) is 7.50. The lowest BCUT2D eigenvalue weighted by molar-refractivity contribution is 0.121. The highest BCUT2D eigenvalue weighted by Gasteiger charge is 2.26. The van der Waals surface area contributed by atoms with Gasteiger partial charge in [0.2, 0.25) is 0 Å². The van der Waals surface area contributed by atoms with E-state index >= 15 is 0 Å². The number of aliphatic hydroxyl groups excluding tert-OH is 2. The lowest BCUT2D eigenvalue weighted by Crippen LogP contribution is -2.18. The summed E-state index contributed by atoms with van der Waals surface area (Å²) in [6.45, 7) is 1.61. The number of halogens is 1. The van der Waals surface area contributed by atoms with Crippen LogP contribution in [0.1, 0.15) is 55.3 Å². The Balaban J connectivity index is 1.90. The van der Waals surface area contributed by atoms with Gasteiger partial charge >= 0.3 is 0 Å². The van der Waals surface area contributed by atoms with Gasteiger partial charge in [0.05, 0.1) is 12.7 Å². The number of aryl methyl sites for hydroxylation is 1. The molecule has 4 rings (SSSR count). The molecule has 1 saturated carbocycles. The molecule has 1 aromatic carbocycles. The molecule has 148 valence electrons. The molecule has 28 heavy (non-hydrogen) atoms. The molecule has 1 fully saturated rings. The van der Waals surface area contributed by atoms with Crippen LogP contribution in [0.25, 0.3) is 16.6 Å². The van der Waals surface area contributed by atoms with Gasteiger partial charge in [-0.2, -0.15) is 5.10 Å². The molecule has 7 heteroatoms. The van der Waals surface area contributed by atoms with Crippen molar-refractivity contribution in [3.63, 3.8) is 0 Å². The molecule has 0 aliphatic heterocycles. The molecule has 0 saturated heterocycles. The first kappa shape index (κ1) is 18.8. The van der Waals surface area contributed by atoms with Crippen LogP contribution in [0.4, 0.5) is 10.2 Å². The van der Waals surface area contributed by atoms with Crippen LogP contribution in [0.3, 0.4) is 0 Å². The van der Waals surface area contributed by atoms with E-state index in [-0.39, 0.29) is 18.6 Å². The number of fused-ring (bicyclic) bond motifs is 1. The summed E-state index contributed by atoms with van der Waals surface area (Å²) in [6.07, 6.45) is 5.06. The van der Waals surface area contributed by atoms with Crippen molar-refractivity contribution >= 4 is 11.3 Å². The highest BCUT2D eigenvalue weighted by atomic mass is 19.1. The van der Waals surface area contributed by atoms with Crippen molar-refractivity contribution in [1.29, 1.82) is 0 Å². The predicted octanol–water partition coefficient (Wildman–Crippen LogP) is 3.19. The van der Waals surface area contributed by atoms with Gasteiger partial charge in [-0.3, -0.25) is 0 Å². The van der Waals surface area contributed by atoms with Gasteiger partial charge < -0.3 is 15.9 Å². The van der Waals surface area contributed by atoms with Gasteiger partial charge in [0, 0.05) is 22.7 Å². The van der Waals surface area contributed by atoms with E-state index in [0.29, 0.717) is 28.9 Å². The number of nitrogens with two attached hydrogens (primary N) is 1. The van der Waals surface area contributed by atoms with Crippen LogP contribution in [-0.4, -0.2) is 30.9 Å². The Labute approximate surface area is 162 Å². The van der Waals surface area contributed by atoms with Gasteiger partial charge in [0.25, 0.3) is 0 Å². The first-order chi connectivity index (χ1) is 13.5. The van der Waals surface area contributed by atoms with E-state index in [1.807, 2.05) is 23.6 Å². The van der Waals surface area contributed by atoms with Crippen molar-refractivity contribution in [2.45, 2.75) is 57.7 Å². The Morgan fingerprint density at radius 1 is 1.21 bits per heavy atom.